The van der Waals surface area contributed by atoms with Gasteiger partial charge in [-0.05, 0) is 83.5 Å². The van der Waals surface area contributed by atoms with Crippen molar-refractivity contribution in [2.24, 2.45) is 0 Å². The lowest BCUT2D eigenvalue weighted by atomic mass is 10.0. The molecule has 0 aromatic carbocycles. The highest BCUT2D eigenvalue weighted by molar-refractivity contribution is 5.71. The van der Waals surface area contributed by atoms with E-state index in [-0.39, 0.29) is 37.5 Å². The molecule has 0 saturated heterocycles. The molecule has 360 valence electrons. The van der Waals surface area contributed by atoms with Crippen molar-refractivity contribution < 1.29 is 28.6 Å². The summed E-state index contributed by atoms with van der Waals surface area (Å²) in [5, 5.41) is 0. The van der Waals surface area contributed by atoms with E-state index in [1.807, 2.05) is 6.08 Å². The molecule has 1 unspecified atom stereocenters. The van der Waals surface area contributed by atoms with Crippen LogP contribution >= 0.6 is 0 Å². The Kier molecular flexibility index (Phi) is 48.5. The molecular formula is C57H96O6. The van der Waals surface area contributed by atoms with E-state index in [0.717, 1.165) is 89.9 Å². The Hall–Kier alpha value is -3.41. The number of unbranched alkanes of at least 4 members (excludes halogenated alkanes) is 21. The van der Waals surface area contributed by atoms with E-state index < -0.39 is 6.10 Å². The maximum absolute atomic E-state index is 12.8. The molecule has 0 N–H and O–H groups in total. The molecule has 6 heteroatoms. The van der Waals surface area contributed by atoms with E-state index in [2.05, 4.69) is 99.8 Å². The summed E-state index contributed by atoms with van der Waals surface area (Å²) in [5.74, 6) is -1.01. The van der Waals surface area contributed by atoms with Crippen LogP contribution in [-0.4, -0.2) is 37.2 Å². The summed E-state index contributed by atoms with van der Waals surface area (Å²) in [7, 11) is 0. The van der Waals surface area contributed by atoms with Crippen LogP contribution in [0, 0.1) is 0 Å². The third-order valence-electron chi connectivity index (χ3n) is 10.9. The Bertz CT molecular complexity index is 1240. The van der Waals surface area contributed by atoms with Gasteiger partial charge in [-0.2, -0.15) is 0 Å². The van der Waals surface area contributed by atoms with Gasteiger partial charge in [0.25, 0.3) is 0 Å². The quantitative estimate of drug-likeness (QED) is 0.0262. The molecule has 0 fully saturated rings. The second-order valence-corrected chi connectivity index (χ2v) is 17.1. The van der Waals surface area contributed by atoms with Crippen molar-refractivity contribution in [3.05, 3.63) is 85.1 Å². The molecule has 0 rings (SSSR count). The molecule has 1 atom stereocenters. The van der Waals surface area contributed by atoms with Crippen LogP contribution in [0.4, 0.5) is 0 Å². The van der Waals surface area contributed by atoms with E-state index in [1.165, 1.54) is 103 Å². The van der Waals surface area contributed by atoms with Crippen molar-refractivity contribution in [3.8, 4) is 0 Å². The summed E-state index contributed by atoms with van der Waals surface area (Å²) in [6.07, 6.45) is 65.8. The van der Waals surface area contributed by atoms with Gasteiger partial charge in [0.2, 0.25) is 0 Å². The number of ether oxygens (including phenoxy) is 3. The van der Waals surface area contributed by atoms with Gasteiger partial charge in [0.15, 0.2) is 6.10 Å². The van der Waals surface area contributed by atoms with E-state index in [4.69, 9.17) is 14.2 Å². The molecule has 0 spiro atoms. The van der Waals surface area contributed by atoms with Gasteiger partial charge in [0, 0.05) is 19.3 Å². The third kappa shape index (κ3) is 49.5. The smallest absolute Gasteiger partial charge is 0.306 e. The predicted molar refractivity (Wildman–Crippen MR) is 270 cm³/mol. The summed E-state index contributed by atoms with van der Waals surface area (Å²) in [6, 6.07) is 0. The number of hydrogen-bond donors (Lipinski definition) is 0. The number of rotatable bonds is 46. The lowest BCUT2D eigenvalue weighted by Crippen LogP contribution is -2.30. The number of hydrogen-bond acceptors (Lipinski definition) is 6. The maximum Gasteiger partial charge on any atom is 0.306 e. The van der Waals surface area contributed by atoms with Gasteiger partial charge < -0.3 is 14.2 Å². The minimum absolute atomic E-state index is 0.104. The molecule has 0 aromatic heterocycles. The largest absolute Gasteiger partial charge is 0.462 e. The summed E-state index contributed by atoms with van der Waals surface area (Å²) in [4.78, 5) is 37.9. The maximum atomic E-state index is 12.8. The molecule has 0 aliphatic carbocycles. The normalized spacial score (nSPS) is 12.7. The van der Waals surface area contributed by atoms with Crippen LogP contribution in [0.5, 0.6) is 0 Å². The number of esters is 3. The molecule has 0 amide bonds. The molecule has 0 radical (unpaired) electrons. The van der Waals surface area contributed by atoms with Crippen LogP contribution in [0.2, 0.25) is 0 Å². The average Bonchev–Trinajstić information content (AvgIpc) is 3.28. The summed E-state index contributed by atoms with van der Waals surface area (Å²) in [6.45, 7) is 6.43. The van der Waals surface area contributed by atoms with Crippen molar-refractivity contribution >= 4 is 17.9 Å². The lowest BCUT2D eigenvalue weighted by Gasteiger charge is -2.18. The first-order chi connectivity index (χ1) is 31.0. The first kappa shape index (κ1) is 59.6. The molecule has 63 heavy (non-hydrogen) atoms. The number of allylic oxidation sites excluding steroid dienone is 14. The molecule has 0 bridgehead atoms. The second kappa shape index (κ2) is 51.2. The summed E-state index contributed by atoms with van der Waals surface area (Å²) in [5.41, 5.74) is 0. The SMILES string of the molecule is CC/C=C\C/C=C\C/C=C\C/C=C\C/C=C\C/C=C\CCC(=O)OCC(COC(=O)CCCCCCCCCCCCCCC)OC(=O)CCCCC/C=C\CCCCCCCC. The van der Waals surface area contributed by atoms with Gasteiger partial charge in [0.05, 0.1) is 0 Å². The van der Waals surface area contributed by atoms with Crippen LogP contribution in [-0.2, 0) is 28.6 Å². The Balaban J connectivity index is 4.50. The molecule has 0 saturated carbocycles. The molecule has 6 nitrogen and oxygen atoms in total. The number of carbonyl (C=O) groups excluding carboxylic acids is 3. The highest BCUT2D eigenvalue weighted by Gasteiger charge is 2.19. The van der Waals surface area contributed by atoms with Gasteiger partial charge in [-0.25, -0.2) is 0 Å². The minimum Gasteiger partial charge on any atom is -0.462 e. The van der Waals surface area contributed by atoms with E-state index in [0.29, 0.717) is 19.3 Å². The highest BCUT2D eigenvalue weighted by Crippen LogP contribution is 2.14. The molecule has 0 aliphatic rings. The Morgan fingerprint density at radius 3 is 1.08 bits per heavy atom. The summed E-state index contributed by atoms with van der Waals surface area (Å²) < 4.78 is 16.7. The summed E-state index contributed by atoms with van der Waals surface area (Å²) >= 11 is 0. The monoisotopic (exact) mass is 877 g/mol. The van der Waals surface area contributed by atoms with Gasteiger partial charge in [-0.15, -0.1) is 0 Å². The van der Waals surface area contributed by atoms with E-state index in [9.17, 15) is 14.4 Å². The second-order valence-electron chi connectivity index (χ2n) is 17.1. The van der Waals surface area contributed by atoms with Crippen LogP contribution in [0.25, 0.3) is 0 Å². The van der Waals surface area contributed by atoms with E-state index >= 15 is 0 Å². The molecule has 0 heterocycles. The zero-order valence-electron chi connectivity index (χ0n) is 41.1. The van der Waals surface area contributed by atoms with Crippen molar-refractivity contribution in [1.82, 2.24) is 0 Å². The van der Waals surface area contributed by atoms with E-state index in [1.54, 1.807) is 0 Å². The van der Waals surface area contributed by atoms with Crippen molar-refractivity contribution in [2.45, 2.75) is 245 Å². The van der Waals surface area contributed by atoms with Gasteiger partial charge in [-0.3, -0.25) is 14.4 Å². The van der Waals surface area contributed by atoms with Crippen LogP contribution in [0.1, 0.15) is 239 Å². The zero-order valence-corrected chi connectivity index (χ0v) is 41.1. The molecular weight excluding hydrogens is 781 g/mol. The van der Waals surface area contributed by atoms with Crippen LogP contribution in [0.15, 0.2) is 85.1 Å². The fourth-order valence-electron chi connectivity index (χ4n) is 6.99. The van der Waals surface area contributed by atoms with Gasteiger partial charge >= 0.3 is 17.9 Å². The number of carbonyl (C=O) groups is 3. The van der Waals surface area contributed by atoms with Crippen LogP contribution in [0.3, 0.4) is 0 Å². The first-order valence-corrected chi connectivity index (χ1v) is 26.1. The van der Waals surface area contributed by atoms with Crippen molar-refractivity contribution in [1.29, 1.82) is 0 Å². The standard InChI is InChI=1S/C57H96O6/c1-4-7-10-13-16-19-22-25-26-27-28-29-30-33-35-38-41-44-47-50-56(59)62-53-54(63-57(60)51-48-45-42-39-36-32-24-21-18-15-12-9-6-3)52-61-55(58)49-46-43-40-37-34-31-23-20-17-14-11-8-5-2/h7,10,16,19,25-26,28-29,32-33,35-36,41,44,54H,4-6,8-9,11-15,17-18,20-24,27,30-31,34,37-40,42-43,45-53H2,1-3H3/b10-7-,19-16-,26-25-,29-28-,35-33-,36-32-,44-41-. The Morgan fingerprint density at radius 2 is 0.651 bits per heavy atom. The predicted octanol–water partition coefficient (Wildman–Crippen LogP) is 17.2. The third-order valence-corrected chi connectivity index (χ3v) is 10.9. The topological polar surface area (TPSA) is 78.9 Å². The van der Waals surface area contributed by atoms with Gasteiger partial charge in [-0.1, -0.05) is 221 Å². The molecule has 0 aliphatic heterocycles. The fraction of sp³-hybridized carbons (Fsp3) is 0.702. The first-order valence-electron chi connectivity index (χ1n) is 26.1. The Labute approximate surface area is 388 Å². The molecule has 0 aromatic rings. The highest BCUT2D eigenvalue weighted by atomic mass is 16.6. The van der Waals surface area contributed by atoms with Crippen molar-refractivity contribution in [3.63, 3.8) is 0 Å². The fourth-order valence-corrected chi connectivity index (χ4v) is 6.99. The van der Waals surface area contributed by atoms with Gasteiger partial charge in [0.1, 0.15) is 13.2 Å². The lowest BCUT2D eigenvalue weighted by molar-refractivity contribution is -0.166. The van der Waals surface area contributed by atoms with Crippen LogP contribution < -0.4 is 0 Å². The Morgan fingerprint density at radius 1 is 0.333 bits per heavy atom. The van der Waals surface area contributed by atoms with Crippen molar-refractivity contribution in [2.75, 3.05) is 13.2 Å². The zero-order chi connectivity index (χ0) is 45.8. The minimum atomic E-state index is -0.812. The average molecular weight is 877 g/mol.